The summed E-state index contributed by atoms with van der Waals surface area (Å²) in [5.74, 6) is -0.848. The number of hydrogen-bond acceptors (Lipinski definition) is 5. The highest BCUT2D eigenvalue weighted by molar-refractivity contribution is 5.93. The number of pyridine rings is 1. The van der Waals surface area contributed by atoms with E-state index < -0.39 is 5.92 Å². The Kier molecular flexibility index (Phi) is 21.1. The van der Waals surface area contributed by atoms with Gasteiger partial charge in [0.25, 0.3) is 5.91 Å². The van der Waals surface area contributed by atoms with Crippen molar-refractivity contribution in [2.75, 3.05) is 13.7 Å². The van der Waals surface area contributed by atoms with Crippen LogP contribution >= 0.6 is 0 Å². The quantitative estimate of drug-likeness (QED) is 0.0914. The molecule has 0 saturated carbocycles. The molecule has 1 amide bonds. The molecule has 0 aliphatic carbocycles. The van der Waals surface area contributed by atoms with E-state index in [1.54, 1.807) is 18.3 Å². The van der Waals surface area contributed by atoms with Crippen molar-refractivity contribution in [2.45, 2.75) is 84.0 Å². The minimum atomic E-state index is -0.430. The first-order valence-corrected chi connectivity index (χ1v) is 14.6. The van der Waals surface area contributed by atoms with Crippen molar-refractivity contribution in [3.8, 4) is 0 Å². The van der Waals surface area contributed by atoms with Crippen molar-refractivity contribution < 1.29 is 19.1 Å². The van der Waals surface area contributed by atoms with Crippen LogP contribution in [0.15, 0.2) is 85.3 Å². The Bertz CT molecular complexity index is 977. The van der Waals surface area contributed by atoms with Crippen molar-refractivity contribution in [3.63, 3.8) is 0 Å². The molecular weight excluding hydrogens is 500 g/mol. The van der Waals surface area contributed by atoms with E-state index in [1.165, 1.54) is 13.3 Å². The van der Waals surface area contributed by atoms with Crippen LogP contribution < -0.4 is 5.32 Å². The molecule has 0 radical (unpaired) electrons. The molecular formula is C34H48N2O4. The number of aromatic nitrogens is 1. The number of ketones is 1. The van der Waals surface area contributed by atoms with Gasteiger partial charge in [-0.25, -0.2) is 0 Å². The zero-order valence-electron chi connectivity index (χ0n) is 24.4. The standard InChI is InChI=1S/C34H48N2O4/c1-3-4-5-6-7-8-9-10-11-12-13-14-15-16-17-18-19-25-32(37)28-30(34(39)40-2)23-20-21-27-36-33(38)31-24-22-26-35-29-31/h4-5,7-8,10-11,13-14,16-17,22,24,26,29-30H,3,6,9,12,15,18-21,23,25,27-28H2,1-2H3,(H,36,38)/b5-4-,8-7-,11-10-,14-13-,17-16-/t30-/m1/s1. The number of rotatable bonds is 22. The fraction of sp³-hybridized carbons (Fsp3) is 0.471. The average Bonchev–Trinajstić information content (AvgIpc) is 2.97. The van der Waals surface area contributed by atoms with Gasteiger partial charge in [0.15, 0.2) is 0 Å². The van der Waals surface area contributed by atoms with E-state index in [0.29, 0.717) is 24.9 Å². The zero-order valence-corrected chi connectivity index (χ0v) is 24.4. The van der Waals surface area contributed by atoms with Gasteiger partial charge in [-0.15, -0.1) is 0 Å². The predicted octanol–water partition coefficient (Wildman–Crippen LogP) is 7.65. The number of amides is 1. The molecule has 1 atom stereocenters. The molecule has 0 aliphatic rings. The van der Waals surface area contributed by atoms with E-state index in [9.17, 15) is 14.4 Å². The number of esters is 1. The van der Waals surface area contributed by atoms with Gasteiger partial charge in [0.2, 0.25) is 0 Å². The van der Waals surface area contributed by atoms with Crippen LogP contribution in [-0.2, 0) is 14.3 Å². The van der Waals surface area contributed by atoms with Gasteiger partial charge >= 0.3 is 5.97 Å². The van der Waals surface area contributed by atoms with E-state index in [2.05, 4.69) is 78.0 Å². The normalized spacial score (nSPS) is 12.8. The van der Waals surface area contributed by atoms with Crippen molar-refractivity contribution in [1.29, 1.82) is 0 Å². The van der Waals surface area contributed by atoms with Gasteiger partial charge in [-0.05, 0) is 69.9 Å². The summed E-state index contributed by atoms with van der Waals surface area (Å²) in [5.41, 5.74) is 0.519. The number of carbonyl (C=O) groups excluding carboxylic acids is 3. The molecule has 0 spiro atoms. The maximum atomic E-state index is 12.4. The smallest absolute Gasteiger partial charge is 0.309 e. The van der Waals surface area contributed by atoms with Crippen LogP contribution in [0.4, 0.5) is 0 Å². The van der Waals surface area contributed by atoms with Crippen molar-refractivity contribution in [1.82, 2.24) is 10.3 Å². The lowest BCUT2D eigenvalue weighted by Gasteiger charge is -2.14. The number of nitrogens with zero attached hydrogens (tertiary/aromatic N) is 1. The molecule has 0 saturated heterocycles. The minimum Gasteiger partial charge on any atom is -0.469 e. The van der Waals surface area contributed by atoms with Gasteiger partial charge in [0.1, 0.15) is 5.78 Å². The third-order valence-corrected chi connectivity index (χ3v) is 6.18. The largest absolute Gasteiger partial charge is 0.469 e. The Labute approximate surface area is 241 Å². The molecule has 1 rings (SSSR count). The number of ether oxygens (including phenoxy) is 1. The molecule has 1 N–H and O–H groups in total. The molecule has 0 unspecified atom stereocenters. The van der Waals surface area contributed by atoms with Crippen molar-refractivity contribution >= 4 is 17.7 Å². The second-order valence-electron chi connectivity index (χ2n) is 9.56. The first-order valence-electron chi connectivity index (χ1n) is 14.6. The molecule has 0 bridgehead atoms. The maximum absolute atomic E-state index is 12.4. The topological polar surface area (TPSA) is 85.4 Å². The third-order valence-electron chi connectivity index (χ3n) is 6.18. The Morgan fingerprint density at radius 3 is 2.08 bits per heavy atom. The first kappa shape index (κ1) is 34.5. The van der Waals surface area contributed by atoms with E-state index in [4.69, 9.17) is 4.74 Å². The molecule has 1 heterocycles. The van der Waals surface area contributed by atoms with E-state index in [0.717, 1.165) is 57.8 Å². The van der Waals surface area contributed by atoms with Crippen LogP contribution in [0.1, 0.15) is 94.3 Å². The number of Topliss-reactive ketones (excluding diaryl/α,β-unsaturated/α-hetero) is 1. The van der Waals surface area contributed by atoms with Crippen LogP contribution in [0, 0.1) is 5.92 Å². The Hall–Kier alpha value is -3.54. The van der Waals surface area contributed by atoms with Gasteiger partial charge < -0.3 is 10.1 Å². The highest BCUT2D eigenvalue weighted by Crippen LogP contribution is 2.17. The summed E-state index contributed by atoms with van der Waals surface area (Å²) in [7, 11) is 1.36. The Morgan fingerprint density at radius 2 is 1.50 bits per heavy atom. The summed E-state index contributed by atoms with van der Waals surface area (Å²) >= 11 is 0. The molecule has 218 valence electrons. The van der Waals surface area contributed by atoms with Gasteiger partial charge in [0, 0.05) is 31.8 Å². The van der Waals surface area contributed by atoms with Gasteiger partial charge in [-0.3, -0.25) is 19.4 Å². The van der Waals surface area contributed by atoms with Gasteiger partial charge in [-0.2, -0.15) is 0 Å². The second kappa shape index (κ2) is 24.5. The first-order chi connectivity index (χ1) is 19.6. The lowest BCUT2D eigenvalue weighted by molar-refractivity contribution is -0.147. The molecule has 6 heteroatoms. The zero-order chi connectivity index (χ0) is 29.1. The summed E-state index contributed by atoms with van der Waals surface area (Å²) in [4.78, 5) is 40.6. The summed E-state index contributed by atoms with van der Waals surface area (Å²) in [6, 6.07) is 3.43. The van der Waals surface area contributed by atoms with E-state index >= 15 is 0 Å². The van der Waals surface area contributed by atoms with Gasteiger partial charge in [0.05, 0.1) is 18.6 Å². The lowest BCUT2D eigenvalue weighted by Crippen LogP contribution is -2.25. The lowest BCUT2D eigenvalue weighted by atomic mass is 9.94. The SMILES string of the molecule is CC/C=C\C/C=C\C/C=C\C/C=C\C/C=C\CCCC(=O)C[C@@H](CCCCNC(=O)c1cccnc1)C(=O)OC. The number of carbonyl (C=O) groups is 3. The Balaban J connectivity index is 2.15. The number of methoxy groups -OCH3 is 1. The average molecular weight is 549 g/mol. The number of unbranched alkanes of at least 4 members (excludes halogenated alkanes) is 2. The predicted molar refractivity (Wildman–Crippen MR) is 164 cm³/mol. The molecule has 6 nitrogen and oxygen atoms in total. The fourth-order valence-corrected chi connectivity index (χ4v) is 3.95. The number of hydrogen-bond donors (Lipinski definition) is 1. The van der Waals surface area contributed by atoms with E-state index in [-0.39, 0.29) is 24.1 Å². The molecule has 1 aromatic heterocycles. The van der Waals surface area contributed by atoms with Crippen LogP contribution in [0.5, 0.6) is 0 Å². The van der Waals surface area contributed by atoms with Crippen LogP contribution in [0.3, 0.4) is 0 Å². The van der Waals surface area contributed by atoms with Gasteiger partial charge in [-0.1, -0.05) is 74.1 Å². The summed E-state index contributed by atoms with van der Waals surface area (Å²) in [5, 5.41) is 2.85. The summed E-state index contributed by atoms with van der Waals surface area (Å²) < 4.78 is 4.91. The highest BCUT2D eigenvalue weighted by Gasteiger charge is 2.22. The van der Waals surface area contributed by atoms with Crippen LogP contribution in [0.2, 0.25) is 0 Å². The second-order valence-corrected chi connectivity index (χ2v) is 9.56. The monoisotopic (exact) mass is 548 g/mol. The van der Waals surface area contributed by atoms with Crippen LogP contribution in [0.25, 0.3) is 0 Å². The molecule has 0 aromatic carbocycles. The molecule has 1 aromatic rings. The summed E-state index contributed by atoms with van der Waals surface area (Å²) in [6.07, 6.45) is 34.0. The molecule has 0 fully saturated rings. The highest BCUT2D eigenvalue weighted by atomic mass is 16.5. The number of allylic oxidation sites excluding steroid dienone is 10. The maximum Gasteiger partial charge on any atom is 0.309 e. The Morgan fingerprint density at radius 1 is 0.875 bits per heavy atom. The summed E-state index contributed by atoms with van der Waals surface area (Å²) in [6.45, 7) is 2.64. The van der Waals surface area contributed by atoms with E-state index in [1.807, 2.05) is 0 Å². The number of nitrogens with one attached hydrogen (secondary N) is 1. The molecule has 0 aliphatic heterocycles. The van der Waals surface area contributed by atoms with Crippen molar-refractivity contribution in [3.05, 3.63) is 90.9 Å². The van der Waals surface area contributed by atoms with Crippen LogP contribution in [-0.4, -0.2) is 36.3 Å². The fourth-order valence-electron chi connectivity index (χ4n) is 3.95. The molecule has 40 heavy (non-hydrogen) atoms. The van der Waals surface area contributed by atoms with Crippen molar-refractivity contribution in [2.24, 2.45) is 5.92 Å². The third kappa shape index (κ3) is 18.7. The minimum absolute atomic E-state index is 0.0904.